The van der Waals surface area contributed by atoms with Crippen molar-refractivity contribution in [2.75, 3.05) is 18.4 Å². The lowest BCUT2D eigenvalue weighted by Gasteiger charge is -2.30. The molecule has 0 saturated carbocycles. The van der Waals surface area contributed by atoms with Crippen molar-refractivity contribution in [2.45, 2.75) is 25.7 Å². The number of fused-ring (bicyclic) bond motifs is 1. The molecule has 0 aliphatic carbocycles. The van der Waals surface area contributed by atoms with E-state index in [1.807, 2.05) is 24.0 Å². The molecule has 1 aliphatic rings. The maximum absolute atomic E-state index is 12.7. The third-order valence-electron chi connectivity index (χ3n) is 4.60. The van der Waals surface area contributed by atoms with Gasteiger partial charge in [-0.1, -0.05) is 6.07 Å². The number of nitrogens with zero attached hydrogens (tertiary/aromatic N) is 4. The maximum Gasteiger partial charge on any atom is 0.416 e. The summed E-state index contributed by atoms with van der Waals surface area (Å²) in [5, 5.41) is 10.2. The summed E-state index contributed by atoms with van der Waals surface area (Å²) in [6.07, 6.45) is -4.38. The van der Waals surface area contributed by atoms with Gasteiger partial charge in [-0.3, -0.25) is 9.69 Å². The van der Waals surface area contributed by atoms with Crippen molar-refractivity contribution in [2.24, 2.45) is 0 Å². The predicted molar refractivity (Wildman–Crippen MR) is 101 cm³/mol. The molecule has 1 atom stereocenters. The number of carbonyl (C=O) groups is 1. The van der Waals surface area contributed by atoms with Crippen molar-refractivity contribution in [3.05, 3.63) is 53.7 Å². The molecule has 1 unspecified atom stereocenters. The van der Waals surface area contributed by atoms with E-state index >= 15 is 0 Å². The van der Waals surface area contributed by atoms with Crippen LogP contribution in [-0.2, 0) is 17.5 Å². The number of benzene rings is 1. The topological polar surface area (TPSA) is 74.6 Å². The average molecular weight is 404 g/mol. The first kappa shape index (κ1) is 19.2. The highest BCUT2D eigenvalue weighted by Crippen LogP contribution is 2.30. The van der Waals surface area contributed by atoms with Gasteiger partial charge >= 0.3 is 6.18 Å². The first-order valence-corrected chi connectivity index (χ1v) is 9.08. The molecule has 152 valence electrons. The smallest absolute Gasteiger partial charge is 0.351 e. The Kier molecular flexibility index (Phi) is 4.87. The third kappa shape index (κ3) is 4.32. The van der Waals surface area contributed by atoms with Gasteiger partial charge in [0.15, 0.2) is 5.65 Å². The zero-order valence-electron chi connectivity index (χ0n) is 15.6. The van der Waals surface area contributed by atoms with Crippen molar-refractivity contribution in [3.8, 4) is 0 Å². The average Bonchev–Trinajstić information content (AvgIpc) is 3.04. The van der Waals surface area contributed by atoms with Crippen LogP contribution in [0.4, 0.5) is 24.8 Å². The van der Waals surface area contributed by atoms with Gasteiger partial charge in [0, 0.05) is 24.8 Å². The van der Waals surface area contributed by atoms with Gasteiger partial charge in [-0.2, -0.15) is 18.2 Å². The lowest BCUT2D eigenvalue weighted by molar-refractivity contribution is -0.137. The zero-order chi connectivity index (χ0) is 20.6. The highest BCUT2D eigenvalue weighted by atomic mass is 19.4. The first-order chi connectivity index (χ1) is 13.8. The number of alkyl halides is 3. The van der Waals surface area contributed by atoms with Crippen molar-refractivity contribution < 1.29 is 18.0 Å². The highest BCUT2D eigenvalue weighted by molar-refractivity contribution is 5.79. The predicted octanol–water partition coefficient (Wildman–Crippen LogP) is 2.81. The molecule has 1 amide bonds. The van der Waals surface area contributed by atoms with E-state index in [1.165, 1.54) is 12.1 Å². The fourth-order valence-corrected chi connectivity index (χ4v) is 3.37. The Bertz CT molecular complexity index is 1030. The number of aromatic nitrogens is 3. The molecule has 3 heterocycles. The lowest BCUT2D eigenvalue weighted by atomic mass is 10.2. The number of nitrogens with one attached hydrogen (secondary N) is 2. The van der Waals surface area contributed by atoms with E-state index < -0.39 is 11.7 Å². The van der Waals surface area contributed by atoms with E-state index in [0.717, 1.165) is 24.4 Å². The minimum absolute atomic E-state index is 0.0147. The van der Waals surface area contributed by atoms with E-state index in [-0.39, 0.29) is 17.9 Å². The maximum atomic E-state index is 12.7. The number of rotatable bonds is 4. The first-order valence-electron chi connectivity index (χ1n) is 9.08. The number of amides is 1. The van der Waals surface area contributed by atoms with E-state index in [9.17, 15) is 18.0 Å². The van der Waals surface area contributed by atoms with E-state index in [2.05, 4.69) is 20.7 Å². The van der Waals surface area contributed by atoms with Crippen LogP contribution in [0.5, 0.6) is 0 Å². The van der Waals surface area contributed by atoms with Crippen LogP contribution in [0.2, 0.25) is 0 Å². The molecule has 2 N–H and O–H groups in total. The van der Waals surface area contributed by atoms with Crippen LogP contribution in [0.3, 0.4) is 0 Å². The standard InChI is InChI=1S/C19H19F3N6O/c1-12-9-27(11-17(29)23-12)10-15-3-2-4-16-25-18(26-28(15)16)24-14-7-5-13(6-8-14)19(20,21)22/h2-8,12H,9-11H2,1H3,(H,23,29)(H,24,26). The quantitative estimate of drug-likeness (QED) is 0.700. The number of hydrogen-bond donors (Lipinski definition) is 2. The Labute approximate surface area is 164 Å². The van der Waals surface area contributed by atoms with Gasteiger partial charge in [0.1, 0.15) is 0 Å². The number of carbonyl (C=O) groups excluding carboxylic acids is 1. The van der Waals surface area contributed by atoms with Gasteiger partial charge in [-0.05, 0) is 43.3 Å². The fourth-order valence-electron chi connectivity index (χ4n) is 3.37. The number of piperazine rings is 1. The van der Waals surface area contributed by atoms with Gasteiger partial charge in [0.2, 0.25) is 11.9 Å². The van der Waals surface area contributed by atoms with Crippen LogP contribution in [0.15, 0.2) is 42.5 Å². The Balaban J connectivity index is 1.54. The van der Waals surface area contributed by atoms with Crippen LogP contribution in [0.25, 0.3) is 5.65 Å². The Morgan fingerprint density at radius 2 is 1.97 bits per heavy atom. The van der Waals surface area contributed by atoms with Crippen molar-refractivity contribution >= 4 is 23.2 Å². The molecule has 1 saturated heterocycles. The second kappa shape index (κ2) is 7.36. The third-order valence-corrected chi connectivity index (χ3v) is 4.60. The summed E-state index contributed by atoms with van der Waals surface area (Å²) >= 11 is 0. The Morgan fingerprint density at radius 3 is 2.66 bits per heavy atom. The molecule has 0 radical (unpaired) electrons. The highest BCUT2D eigenvalue weighted by Gasteiger charge is 2.30. The van der Waals surface area contributed by atoms with Gasteiger partial charge < -0.3 is 10.6 Å². The fraction of sp³-hybridized carbons (Fsp3) is 0.316. The zero-order valence-corrected chi connectivity index (χ0v) is 15.6. The molecule has 3 aromatic rings. The second-order valence-corrected chi connectivity index (χ2v) is 7.06. The Morgan fingerprint density at radius 1 is 1.21 bits per heavy atom. The summed E-state index contributed by atoms with van der Waals surface area (Å²) < 4.78 is 39.8. The molecule has 1 aromatic carbocycles. The molecule has 10 heteroatoms. The molecule has 2 aromatic heterocycles. The minimum Gasteiger partial charge on any atom is -0.351 e. The van der Waals surface area contributed by atoms with Crippen molar-refractivity contribution in [3.63, 3.8) is 0 Å². The number of pyridine rings is 1. The SMILES string of the molecule is CC1CN(Cc2cccc3nc(Nc4ccc(C(F)(F)F)cc4)nn23)CC(=O)N1. The van der Waals surface area contributed by atoms with Gasteiger partial charge in [-0.15, -0.1) is 5.10 Å². The normalized spacial score (nSPS) is 18.1. The van der Waals surface area contributed by atoms with E-state index in [0.29, 0.717) is 24.4 Å². The molecule has 29 heavy (non-hydrogen) atoms. The van der Waals surface area contributed by atoms with E-state index in [4.69, 9.17) is 0 Å². The largest absolute Gasteiger partial charge is 0.416 e. The Hall–Kier alpha value is -3.14. The van der Waals surface area contributed by atoms with Gasteiger partial charge in [0.05, 0.1) is 17.8 Å². The molecule has 4 rings (SSSR count). The second-order valence-electron chi connectivity index (χ2n) is 7.06. The van der Waals surface area contributed by atoms with Gasteiger partial charge in [0.25, 0.3) is 0 Å². The van der Waals surface area contributed by atoms with Gasteiger partial charge in [-0.25, -0.2) is 4.52 Å². The summed E-state index contributed by atoms with van der Waals surface area (Å²) in [6, 6.07) is 10.3. The van der Waals surface area contributed by atoms with Crippen LogP contribution in [0, 0.1) is 0 Å². The number of hydrogen-bond acceptors (Lipinski definition) is 5. The molecule has 7 nitrogen and oxygen atoms in total. The summed E-state index contributed by atoms with van der Waals surface area (Å²) in [4.78, 5) is 18.2. The van der Waals surface area contributed by atoms with Crippen LogP contribution < -0.4 is 10.6 Å². The molecule has 1 aliphatic heterocycles. The number of anilines is 2. The summed E-state index contributed by atoms with van der Waals surface area (Å²) in [6.45, 7) is 3.52. The molecule has 1 fully saturated rings. The lowest BCUT2D eigenvalue weighted by Crippen LogP contribution is -2.52. The van der Waals surface area contributed by atoms with E-state index in [1.54, 1.807) is 10.6 Å². The van der Waals surface area contributed by atoms with Crippen LogP contribution in [-0.4, -0.2) is 44.5 Å². The van der Waals surface area contributed by atoms with Crippen molar-refractivity contribution in [1.82, 2.24) is 24.8 Å². The monoisotopic (exact) mass is 404 g/mol. The van der Waals surface area contributed by atoms with Crippen LogP contribution >= 0.6 is 0 Å². The molecular formula is C19H19F3N6O. The number of halogens is 3. The molecule has 0 bridgehead atoms. The van der Waals surface area contributed by atoms with Crippen LogP contribution in [0.1, 0.15) is 18.2 Å². The van der Waals surface area contributed by atoms with Crippen molar-refractivity contribution in [1.29, 1.82) is 0 Å². The summed E-state index contributed by atoms with van der Waals surface area (Å²) in [5.41, 5.74) is 1.20. The minimum atomic E-state index is -4.38. The summed E-state index contributed by atoms with van der Waals surface area (Å²) in [5.74, 6) is 0.265. The molecular weight excluding hydrogens is 385 g/mol. The summed E-state index contributed by atoms with van der Waals surface area (Å²) in [7, 11) is 0. The molecule has 0 spiro atoms.